The summed E-state index contributed by atoms with van der Waals surface area (Å²) in [5, 5.41) is 0. The molecule has 1 atom stereocenters. The maximum Gasteiger partial charge on any atom is 0.0477 e. The molecule has 1 fully saturated rings. The van der Waals surface area contributed by atoms with Gasteiger partial charge in [-0.05, 0) is 51.0 Å². The summed E-state index contributed by atoms with van der Waals surface area (Å²) in [6.07, 6.45) is 17.1. The summed E-state index contributed by atoms with van der Waals surface area (Å²) in [5.41, 5.74) is 2.80. The smallest absolute Gasteiger partial charge is 0.0477 e. The minimum absolute atomic E-state index is 0.488. The standard InChI is InChI=1S/C20H35N/c1-5-8-9-12-18(11-6-2)16-20(7-3)21-17(4)15-19-13-10-14-19/h6,16-17,19H,2,5,7-15H2,1,3-4H3/b18-16+,21-20?. The van der Waals surface area contributed by atoms with Crippen LogP contribution < -0.4 is 0 Å². The molecule has 0 saturated heterocycles. The molecule has 0 aromatic rings. The van der Waals surface area contributed by atoms with Crippen molar-refractivity contribution in [3.8, 4) is 0 Å². The summed E-state index contributed by atoms with van der Waals surface area (Å²) in [6.45, 7) is 10.7. The van der Waals surface area contributed by atoms with Gasteiger partial charge in [-0.15, -0.1) is 6.58 Å². The zero-order chi connectivity index (χ0) is 15.5. The molecule has 21 heavy (non-hydrogen) atoms. The van der Waals surface area contributed by atoms with Crippen LogP contribution in [-0.2, 0) is 0 Å². The topological polar surface area (TPSA) is 12.4 Å². The molecule has 0 N–H and O–H groups in total. The van der Waals surface area contributed by atoms with E-state index in [1.165, 1.54) is 62.7 Å². The monoisotopic (exact) mass is 289 g/mol. The molecular formula is C20H35N. The van der Waals surface area contributed by atoms with Crippen LogP contribution in [0.5, 0.6) is 0 Å². The van der Waals surface area contributed by atoms with Crippen LogP contribution in [0.1, 0.15) is 85.0 Å². The molecule has 0 radical (unpaired) electrons. The predicted molar refractivity (Wildman–Crippen MR) is 96.2 cm³/mol. The van der Waals surface area contributed by atoms with E-state index in [-0.39, 0.29) is 0 Å². The van der Waals surface area contributed by atoms with E-state index in [2.05, 4.69) is 33.4 Å². The molecule has 0 amide bonds. The molecule has 0 aliphatic heterocycles. The molecule has 0 spiro atoms. The van der Waals surface area contributed by atoms with Gasteiger partial charge in [0, 0.05) is 11.8 Å². The van der Waals surface area contributed by atoms with Crippen LogP contribution in [0.3, 0.4) is 0 Å². The van der Waals surface area contributed by atoms with Crippen molar-refractivity contribution in [1.29, 1.82) is 0 Å². The zero-order valence-electron chi connectivity index (χ0n) is 14.5. The van der Waals surface area contributed by atoms with E-state index in [0.717, 1.165) is 18.8 Å². The molecule has 1 unspecified atom stereocenters. The fraction of sp³-hybridized carbons (Fsp3) is 0.750. The van der Waals surface area contributed by atoms with Crippen molar-refractivity contribution in [1.82, 2.24) is 0 Å². The lowest BCUT2D eigenvalue weighted by atomic mass is 9.81. The van der Waals surface area contributed by atoms with Gasteiger partial charge in [-0.1, -0.05) is 57.6 Å². The molecule has 1 nitrogen and oxygen atoms in total. The second-order valence-corrected chi connectivity index (χ2v) is 6.61. The first-order chi connectivity index (χ1) is 10.2. The van der Waals surface area contributed by atoms with Gasteiger partial charge in [-0.2, -0.15) is 0 Å². The van der Waals surface area contributed by atoms with Crippen molar-refractivity contribution in [2.24, 2.45) is 10.9 Å². The Morgan fingerprint density at radius 3 is 2.57 bits per heavy atom. The van der Waals surface area contributed by atoms with Crippen LogP contribution in [0, 0.1) is 5.92 Å². The second kappa shape index (κ2) is 10.8. The lowest BCUT2D eigenvalue weighted by molar-refractivity contribution is 0.281. The fourth-order valence-corrected chi connectivity index (χ4v) is 3.03. The SMILES string of the molecule is C=CC/C(=C\C(CC)=NC(C)CC1CCC1)CCCCC. The highest BCUT2D eigenvalue weighted by Crippen LogP contribution is 2.31. The van der Waals surface area contributed by atoms with Crippen molar-refractivity contribution >= 4 is 5.71 Å². The fourth-order valence-electron chi connectivity index (χ4n) is 3.03. The first-order valence-corrected chi connectivity index (χ1v) is 9.06. The molecule has 120 valence electrons. The minimum atomic E-state index is 0.488. The summed E-state index contributed by atoms with van der Waals surface area (Å²) in [5.74, 6) is 0.947. The number of unbranched alkanes of at least 4 members (excludes halogenated alkanes) is 2. The number of hydrogen-bond donors (Lipinski definition) is 0. The van der Waals surface area contributed by atoms with Gasteiger partial charge in [-0.3, -0.25) is 4.99 Å². The van der Waals surface area contributed by atoms with Crippen molar-refractivity contribution in [3.05, 3.63) is 24.3 Å². The summed E-state index contributed by atoms with van der Waals surface area (Å²) < 4.78 is 0. The Labute approximate surface area is 132 Å². The van der Waals surface area contributed by atoms with Crippen molar-refractivity contribution in [2.45, 2.75) is 91.0 Å². The maximum absolute atomic E-state index is 4.97. The van der Waals surface area contributed by atoms with Crippen LogP contribution in [0.2, 0.25) is 0 Å². The number of nitrogens with zero attached hydrogens (tertiary/aromatic N) is 1. The Hall–Kier alpha value is -0.850. The van der Waals surface area contributed by atoms with Gasteiger partial charge in [0.25, 0.3) is 0 Å². The third-order valence-corrected chi connectivity index (χ3v) is 4.53. The van der Waals surface area contributed by atoms with Gasteiger partial charge in [0.15, 0.2) is 0 Å². The van der Waals surface area contributed by atoms with E-state index in [1.807, 2.05) is 6.08 Å². The number of aliphatic imine (C=N–C) groups is 1. The van der Waals surface area contributed by atoms with Crippen LogP contribution in [0.25, 0.3) is 0 Å². The number of allylic oxidation sites excluding steroid dienone is 3. The van der Waals surface area contributed by atoms with Crippen LogP contribution in [0.4, 0.5) is 0 Å². The number of hydrogen-bond acceptors (Lipinski definition) is 1. The van der Waals surface area contributed by atoms with E-state index in [0.29, 0.717) is 6.04 Å². The third kappa shape index (κ3) is 7.64. The third-order valence-electron chi connectivity index (χ3n) is 4.53. The quantitative estimate of drug-likeness (QED) is 0.234. The van der Waals surface area contributed by atoms with Gasteiger partial charge in [0.2, 0.25) is 0 Å². The van der Waals surface area contributed by atoms with Gasteiger partial charge >= 0.3 is 0 Å². The Morgan fingerprint density at radius 2 is 2.05 bits per heavy atom. The molecule has 1 heteroatoms. The highest BCUT2D eigenvalue weighted by atomic mass is 14.8. The molecule has 1 aliphatic rings. The minimum Gasteiger partial charge on any atom is -0.287 e. The van der Waals surface area contributed by atoms with Crippen LogP contribution in [-0.4, -0.2) is 11.8 Å². The molecule has 0 aromatic heterocycles. The molecular weight excluding hydrogens is 254 g/mol. The molecule has 1 saturated carbocycles. The molecule has 0 heterocycles. The van der Waals surface area contributed by atoms with Crippen molar-refractivity contribution < 1.29 is 0 Å². The highest BCUT2D eigenvalue weighted by Gasteiger charge is 2.19. The highest BCUT2D eigenvalue weighted by molar-refractivity contribution is 5.95. The number of rotatable bonds is 11. The van der Waals surface area contributed by atoms with Crippen LogP contribution in [0.15, 0.2) is 29.3 Å². The van der Waals surface area contributed by atoms with Crippen molar-refractivity contribution in [2.75, 3.05) is 0 Å². The maximum atomic E-state index is 4.97. The molecule has 0 aromatic carbocycles. The Morgan fingerprint density at radius 1 is 1.29 bits per heavy atom. The summed E-state index contributed by atoms with van der Waals surface area (Å²) in [6, 6.07) is 0.488. The van der Waals surface area contributed by atoms with Gasteiger partial charge in [0.1, 0.15) is 0 Å². The lowest BCUT2D eigenvalue weighted by Gasteiger charge is -2.27. The van der Waals surface area contributed by atoms with E-state index in [1.54, 1.807) is 0 Å². The van der Waals surface area contributed by atoms with E-state index in [4.69, 9.17) is 4.99 Å². The molecule has 1 rings (SSSR count). The first-order valence-electron chi connectivity index (χ1n) is 9.06. The second-order valence-electron chi connectivity index (χ2n) is 6.61. The van der Waals surface area contributed by atoms with Gasteiger partial charge in [-0.25, -0.2) is 0 Å². The van der Waals surface area contributed by atoms with Crippen LogP contribution >= 0.6 is 0 Å². The summed E-state index contributed by atoms with van der Waals surface area (Å²) in [7, 11) is 0. The molecule has 0 bridgehead atoms. The summed E-state index contributed by atoms with van der Waals surface area (Å²) >= 11 is 0. The normalized spacial score (nSPS) is 18.4. The average molecular weight is 290 g/mol. The first kappa shape index (κ1) is 18.2. The largest absolute Gasteiger partial charge is 0.287 e. The zero-order valence-corrected chi connectivity index (χ0v) is 14.5. The van der Waals surface area contributed by atoms with E-state index >= 15 is 0 Å². The van der Waals surface area contributed by atoms with E-state index in [9.17, 15) is 0 Å². The van der Waals surface area contributed by atoms with Crippen molar-refractivity contribution in [3.63, 3.8) is 0 Å². The summed E-state index contributed by atoms with van der Waals surface area (Å²) in [4.78, 5) is 4.97. The Balaban J connectivity index is 2.59. The molecule has 1 aliphatic carbocycles. The predicted octanol–water partition coefficient (Wildman–Crippen LogP) is 6.50. The lowest BCUT2D eigenvalue weighted by Crippen LogP contribution is -2.17. The van der Waals surface area contributed by atoms with E-state index < -0.39 is 0 Å². The average Bonchev–Trinajstić information content (AvgIpc) is 2.42. The Bertz CT molecular complexity index is 347. The van der Waals surface area contributed by atoms with Gasteiger partial charge in [0.05, 0.1) is 0 Å². The van der Waals surface area contributed by atoms with Gasteiger partial charge < -0.3 is 0 Å². The Kier molecular flexibility index (Phi) is 9.37.